The quantitative estimate of drug-likeness (QED) is 0.107. The minimum Gasteiger partial charge on any atom is -0.309 e. The van der Waals surface area contributed by atoms with Crippen LogP contribution in [0.15, 0.2) is 237 Å². The molecule has 11 aromatic rings. The summed E-state index contributed by atoms with van der Waals surface area (Å²) in [7, 11) is -10.3. The molecule has 302 valence electrons. The summed E-state index contributed by atoms with van der Waals surface area (Å²) in [6, 6.07) is 76.1. The van der Waals surface area contributed by atoms with Gasteiger partial charge in [0.25, 0.3) is 0 Å². The summed E-state index contributed by atoms with van der Waals surface area (Å²) >= 11 is 0. The third-order valence-electron chi connectivity index (χ3n) is 12.2. The van der Waals surface area contributed by atoms with Gasteiger partial charge in [-0.3, -0.25) is 4.40 Å². The Bertz CT molecular complexity index is 3510. The van der Waals surface area contributed by atoms with Crippen molar-refractivity contribution >= 4 is 108 Å². The Labute approximate surface area is 365 Å². The first kappa shape index (κ1) is 39.0. The molecule has 0 saturated carbocycles. The molecule has 0 aliphatic rings. The summed E-state index contributed by atoms with van der Waals surface area (Å²) in [5.74, 6) is 0. The van der Waals surface area contributed by atoms with Gasteiger partial charge in [0.1, 0.15) is 11.2 Å². The Morgan fingerprint density at radius 3 is 1.11 bits per heavy atom. The highest BCUT2D eigenvalue weighted by Crippen LogP contribution is 2.48. The molecule has 0 radical (unpaired) electrons. The predicted molar refractivity (Wildman–Crippen MR) is 266 cm³/mol. The molecule has 0 fully saturated rings. The van der Waals surface area contributed by atoms with Gasteiger partial charge in [0.15, 0.2) is 21.4 Å². The molecule has 0 atom stereocenters. The fourth-order valence-corrected chi connectivity index (χ4v) is 17.3. The minimum absolute atomic E-state index is 0.616. The van der Waals surface area contributed by atoms with E-state index in [1.807, 2.05) is 231 Å². The smallest absolute Gasteiger partial charge is 0.173 e. The second-order valence-electron chi connectivity index (χ2n) is 15.7. The molecule has 63 heavy (non-hydrogen) atoms. The van der Waals surface area contributed by atoms with E-state index in [2.05, 4.69) is 10.5 Å². The Hall–Kier alpha value is -6.86. The van der Waals surface area contributed by atoms with E-state index in [0.29, 0.717) is 37.7 Å². The van der Waals surface area contributed by atoms with Crippen LogP contribution in [-0.2, 0) is 13.7 Å². The van der Waals surface area contributed by atoms with Gasteiger partial charge in [-0.1, -0.05) is 200 Å². The second kappa shape index (κ2) is 15.5. The fraction of sp³-hybridized carbons (Fsp3) is 0. The monoisotopic (exact) mass is 868 g/mol. The van der Waals surface area contributed by atoms with E-state index in [-0.39, 0.29) is 0 Å². The first-order valence-corrected chi connectivity index (χ1v) is 26.0. The average molecular weight is 869 g/mol. The fourth-order valence-electron chi connectivity index (χ4n) is 9.19. The molecule has 0 aliphatic carbocycles. The van der Waals surface area contributed by atoms with Gasteiger partial charge in [-0.25, -0.2) is 4.98 Å². The molecule has 0 bridgehead atoms. The molecule has 11 rings (SSSR count). The number of imidazole rings is 1. The summed E-state index contributed by atoms with van der Waals surface area (Å²) in [4.78, 5) is 5.49. The number of para-hydroxylation sites is 1. The van der Waals surface area contributed by atoms with E-state index in [1.165, 1.54) is 0 Å². The number of nitrogens with zero attached hydrogens (tertiary/aromatic N) is 2. The van der Waals surface area contributed by atoms with Crippen LogP contribution in [0.25, 0.3) is 38.4 Å². The van der Waals surface area contributed by atoms with Crippen molar-refractivity contribution in [2.45, 2.75) is 0 Å². The number of pyridine rings is 1. The van der Waals surface area contributed by atoms with Crippen molar-refractivity contribution in [1.82, 2.24) is 9.38 Å². The summed E-state index contributed by atoms with van der Waals surface area (Å²) in [6.45, 7) is 0. The molecular weight excluding hydrogens is 830 g/mol. The Kier molecular flexibility index (Phi) is 9.60. The van der Waals surface area contributed by atoms with Crippen molar-refractivity contribution in [3.05, 3.63) is 237 Å². The number of hydrogen-bond donors (Lipinski definition) is 0. The van der Waals surface area contributed by atoms with Crippen molar-refractivity contribution in [3.8, 4) is 0 Å². The summed E-state index contributed by atoms with van der Waals surface area (Å²) in [6.07, 6.45) is 0. The van der Waals surface area contributed by atoms with Crippen molar-refractivity contribution in [1.29, 1.82) is 0 Å². The Morgan fingerprint density at radius 1 is 0.302 bits per heavy atom. The van der Waals surface area contributed by atoms with Crippen molar-refractivity contribution in [2.24, 2.45) is 0 Å². The van der Waals surface area contributed by atoms with Crippen LogP contribution in [0.3, 0.4) is 0 Å². The molecule has 0 aliphatic heterocycles. The van der Waals surface area contributed by atoms with Crippen LogP contribution in [0.1, 0.15) is 0 Å². The maximum atomic E-state index is 16.0. The van der Waals surface area contributed by atoms with Crippen LogP contribution in [-0.4, -0.2) is 9.38 Å². The van der Waals surface area contributed by atoms with Crippen molar-refractivity contribution < 1.29 is 13.7 Å². The van der Waals surface area contributed by atoms with Gasteiger partial charge in [-0.2, -0.15) is 0 Å². The van der Waals surface area contributed by atoms with Crippen LogP contribution in [0.2, 0.25) is 0 Å². The van der Waals surface area contributed by atoms with Crippen molar-refractivity contribution in [3.63, 3.8) is 0 Å². The first-order valence-electron chi connectivity index (χ1n) is 20.9. The highest BCUT2D eigenvalue weighted by atomic mass is 31.2. The van der Waals surface area contributed by atoms with E-state index in [1.54, 1.807) is 0 Å². The molecular formula is C55H39N2O3P3. The largest absolute Gasteiger partial charge is 0.309 e. The zero-order valence-electron chi connectivity index (χ0n) is 34.0. The number of rotatable bonds is 9. The predicted octanol–water partition coefficient (Wildman–Crippen LogP) is 9.71. The van der Waals surface area contributed by atoms with E-state index in [9.17, 15) is 0 Å². The molecule has 0 amide bonds. The summed E-state index contributed by atoms with van der Waals surface area (Å²) < 4.78 is 50.0. The summed E-state index contributed by atoms with van der Waals surface area (Å²) in [5, 5.41) is 8.86. The van der Waals surface area contributed by atoms with Gasteiger partial charge >= 0.3 is 0 Å². The van der Waals surface area contributed by atoms with Gasteiger partial charge in [-0.05, 0) is 41.8 Å². The molecule has 2 aromatic heterocycles. The number of hydrogen-bond acceptors (Lipinski definition) is 4. The Morgan fingerprint density at radius 2 is 0.683 bits per heavy atom. The van der Waals surface area contributed by atoms with E-state index < -0.39 is 21.4 Å². The SMILES string of the molecule is O=P(c1ccccc1)(c1ccccc1)c1ccc2c(c1)c1ccc(P(=O)(c3ccccc3)c3ccccc3)cc1c1nc3c(P(=O)(c4ccccc4)c4ccccc4)cccc3n21. The third-order valence-corrected chi connectivity index (χ3v) is 21.4. The van der Waals surface area contributed by atoms with Crippen molar-refractivity contribution in [2.75, 3.05) is 0 Å². The number of benzene rings is 9. The number of aromatic nitrogens is 2. The minimum atomic E-state index is -3.47. The van der Waals surface area contributed by atoms with Crippen LogP contribution < -0.4 is 47.7 Å². The second-order valence-corrected chi connectivity index (χ2v) is 24.0. The Balaban J connectivity index is 1.27. The van der Waals surface area contributed by atoms with Gasteiger partial charge in [-0.15, -0.1) is 0 Å². The van der Waals surface area contributed by atoms with Gasteiger partial charge in [0.2, 0.25) is 0 Å². The van der Waals surface area contributed by atoms with Crippen LogP contribution in [0, 0.1) is 0 Å². The zero-order valence-corrected chi connectivity index (χ0v) is 36.7. The molecule has 0 spiro atoms. The highest BCUT2D eigenvalue weighted by molar-refractivity contribution is 7.86. The van der Waals surface area contributed by atoms with Gasteiger partial charge in [0.05, 0.1) is 11.0 Å². The third kappa shape index (κ3) is 6.15. The zero-order chi connectivity index (χ0) is 42.6. The topological polar surface area (TPSA) is 68.5 Å². The highest BCUT2D eigenvalue weighted by Gasteiger charge is 2.35. The molecule has 5 nitrogen and oxygen atoms in total. The molecule has 9 aromatic carbocycles. The van der Waals surface area contributed by atoms with E-state index in [0.717, 1.165) is 48.4 Å². The molecule has 2 heterocycles. The lowest BCUT2D eigenvalue weighted by atomic mass is 10.1. The van der Waals surface area contributed by atoms with Gasteiger partial charge in [0, 0.05) is 58.5 Å². The van der Waals surface area contributed by atoms with Crippen LogP contribution in [0.5, 0.6) is 0 Å². The van der Waals surface area contributed by atoms with Gasteiger partial charge < -0.3 is 13.7 Å². The normalized spacial score (nSPS) is 12.3. The molecule has 0 N–H and O–H groups in total. The summed E-state index contributed by atoms with van der Waals surface area (Å²) in [5.41, 5.74) is 2.89. The van der Waals surface area contributed by atoms with Crippen LogP contribution in [0.4, 0.5) is 0 Å². The lowest BCUT2D eigenvalue weighted by Gasteiger charge is -2.22. The lowest BCUT2D eigenvalue weighted by molar-refractivity contribution is 0.591. The number of fused-ring (bicyclic) bond motifs is 8. The molecule has 0 unspecified atom stereocenters. The average Bonchev–Trinajstić information content (AvgIpc) is 3.77. The maximum Gasteiger partial charge on any atom is 0.173 e. The van der Waals surface area contributed by atoms with E-state index >= 15 is 13.7 Å². The standard InChI is InChI=1S/C55H39N2O3P3/c58-61(40-20-7-1-8-21-40,41-22-9-2-10-23-41)46-34-36-48-49-38-47(62(59,42-24-11-3-12-25-42)43-26-13-4-14-27-43)35-37-51(49)57-52-32-19-33-53(54(52)56-55(57)50(48)39-46)63(60,44-28-15-5-16-29-44)45-30-17-6-18-31-45/h1-39H. The maximum absolute atomic E-state index is 16.0. The van der Waals surface area contributed by atoms with Crippen LogP contribution >= 0.6 is 21.4 Å². The molecule has 8 heteroatoms. The molecule has 0 saturated heterocycles. The van der Waals surface area contributed by atoms with E-state index in [4.69, 9.17) is 4.98 Å². The first-order chi connectivity index (χ1) is 30.9. The lowest BCUT2D eigenvalue weighted by Crippen LogP contribution is -2.25.